The molecule has 1 heterocycles. The summed E-state index contributed by atoms with van der Waals surface area (Å²) >= 11 is 0. The van der Waals surface area contributed by atoms with Crippen LogP contribution in [-0.4, -0.2) is 23.0 Å². The highest BCUT2D eigenvalue weighted by molar-refractivity contribution is 5.69. The van der Waals surface area contributed by atoms with E-state index in [-0.39, 0.29) is 0 Å². The van der Waals surface area contributed by atoms with Gasteiger partial charge in [0.05, 0.1) is 5.69 Å². The first-order valence-electron chi connectivity index (χ1n) is 9.86. The monoisotopic (exact) mass is 350 g/mol. The average Bonchev–Trinajstić information content (AvgIpc) is 2.62. The second-order valence-electron chi connectivity index (χ2n) is 7.31. The summed E-state index contributed by atoms with van der Waals surface area (Å²) in [5, 5.41) is 0. The zero-order chi connectivity index (χ0) is 19.3. The van der Waals surface area contributed by atoms with E-state index in [4.69, 9.17) is 4.98 Å². The van der Waals surface area contributed by atoms with Crippen LogP contribution >= 0.6 is 0 Å². The molecule has 140 valence electrons. The largest absolute Gasteiger partial charge is 0.295 e. The van der Waals surface area contributed by atoms with Crippen LogP contribution in [0.15, 0.2) is 36.4 Å². The molecule has 2 rings (SSSR count). The fraction of sp³-hybridized carbons (Fsp3) is 0.458. The van der Waals surface area contributed by atoms with Crippen LogP contribution in [0.25, 0.3) is 11.3 Å². The Balaban J connectivity index is 2.46. The molecule has 0 amide bonds. The Morgan fingerprint density at radius 2 is 1.69 bits per heavy atom. The number of benzene rings is 1. The molecule has 0 bridgehead atoms. The fourth-order valence-corrected chi connectivity index (χ4v) is 3.68. The van der Waals surface area contributed by atoms with Crippen molar-refractivity contribution in [2.45, 2.75) is 60.9 Å². The maximum Gasteiger partial charge on any atom is 0.0713 e. The Hall–Kier alpha value is -1.93. The summed E-state index contributed by atoms with van der Waals surface area (Å²) < 4.78 is 0. The van der Waals surface area contributed by atoms with Gasteiger partial charge in [-0.05, 0) is 68.5 Å². The van der Waals surface area contributed by atoms with Crippen molar-refractivity contribution in [3.8, 4) is 11.3 Å². The molecular formula is C24H34N2. The van der Waals surface area contributed by atoms with Crippen LogP contribution in [0.3, 0.4) is 0 Å². The number of likely N-dealkylation sites (N-methyl/N-ethyl adjacent to an activating group) is 1. The molecule has 0 saturated heterocycles. The number of rotatable bonds is 8. The van der Waals surface area contributed by atoms with Gasteiger partial charge in [0.25, 0.3) is 0 Å². The molecule has 1 aromatic heterocycles. The van der Waals surface area contributed by atoms with E-state index in [0.717, 1.165) is 43.9 Å². The normalized spacial score (nSPS) is 11.2. The Kier molecular flexibility index (Phi) is 7.16. The van der Waals surface area contributed by atoms with Crippen LogP contribution in [0.2, 0.25) is 0 Å². The lowest BCUT2D eigenvalue weighted by atomic mass is 9.93. The van der Waals surface area contributed by atoms with Crippen LogP contribution < -0.4 is 0 Å². The lowest BCUT2D eigenvalue weighted by Crippen LogP contribution is -2.25. The molecule has 1 aromatic carbocycles. The molecule has 2 heteroatoms. The molecule has 2 nitrogen and oxygen atoms in total. The van der Waals surface area contributed by atoms with Gasteiger partial charge < -0.3 is 0 Å². The average molecular weight is 351 g/mol. The number of hydrogen-bond acceptors (Lipinski definition) is 2. The van der Waals surface area contributed by atoms with Crippen molar-refractivity contribution in [2.24, 2.45) is 0 Å². The minimum absolute atomic E-state index is 0.935. The third-order valence-electron chi connectivity index (χ3n) is 5.13. The highest BCUT2D eigenvalue weighted by Gasteiger charge is 2.15. The molecular weight excluding hydrogens is 316 g/mol. The van der Waals surface area contributed by atoms with Crippen molar-refractivity contribution in [3.63, 3.8) is 0 Å². The van der Waals surface area contributed by atoms with Gasteiger partial charge in [-0.1, -0.05) is 51.1 Å². The Labute approximate surface area is 160 Å². The molecule has 0 aliphatic carbocycles. The maximum absolute atomic E-state index is 5.04. The van der Waals surface area contributed by atoms with Gasteiger partial charge in [0, 0.05) is 24.3 Å². The molecule has 0 radical (unpaired) electrons. The van der Waals surface area contributed by atoms with Crippen molar-refractivity contribution in [2.75, 3.05) is 13.1 Å². The smallest absolute Gasteiger partial charge is 0.0713 e. The summed E-state index contributed by atoms with van der Waals surface area (Å²) in [6.45, 7) is 20.1. The molecule has 0 aliphatic heterocycles. The second kappa shape index (κ2) is 9.14. The molecule has 0 fully saturated rings. The van der Waals surface area contributed by atoms with Gasteiger partial charge >= 0.3 is 0 Å². The third kappa shape index (κ3) is 4.62. The highest BCUT2D eigenvalue weighted by atomic mass is 15.1. The molecule has 0 N–H and O–H groups in total. The second-order valence-corrected chi connectivity index (χ2v) is 7.31. The number of nitrogens with zero attached hydrogens (tertiary/aromatic N) is 2. The van der Waals surface area contributed by atoms with Crippen LogP contribution in [-0.2, 0) is 19.4 Å². The van der Waals surface area contributed by atoms with Crippen molar-refractivity contribution in [1.82, 2.24) is 9.88 Å². The first kappa shape index (κ1) is 20.4. The van der Waals surface area contributed by atoms with Crippen LogP contribution in [0.5, 0.6) is 0 Å². The van der Waals surface area contributed by atoms with E-state index in [0.29, 0.717) is 0 Å². The van der Waals surface area contributed by atoms with Crippen LogP contribution in [0, 0.1) is 13.8 Å². The summed E-state index contributed by atoms with van der Waals surface area (Å²) in [5.74, 6) is 0. The predicted octanol–water partition coefficient (Wildman–Crippen LogP) is 5.89. The van der Waals surface area contributed by atoms with Gasteiger partial charge in [-0.3, -0.25) is 9.88 Å². The van der Waals surface area contributed by atoms with Gasteiger partial charge in [0.2, 0.25) is 0 Å². The molecule has 26 heavy (non-hydrogen) atoms. The SMILES string of the molecule is C=C(C)CN(CC)Cc1c(C)cc(-c2c(CC)cccc2CC)nc1C. The minimum Gasteiger partial charge on any atom is -0.295 e. The predicted molar refractivity (Wildman–Crippen MR) is 114 cm³/mol. The lowest BCUT2D eigenvalue weighted by Gasteiger charge is -2.23. The molecule has 0 saturated carbocycles. The molecule has 2 aromatic rings. The molecule has 0 atom stereocenters. The summed E-state index contributed by atoms with van der Waals surface area (Å²) in [5.41, 5.74) is 10.3. The summed E-state index contributed by atoms with van der Waals surface area (Å²) in [6, 6.07) is 8.93. The third-order valence-corrected chi connectivity index (χ3v) is 5.13. The zero-order valence-corrected chi connectivity index (χ0v) is 17.4. The van der Waals surface area contributed by atoms with Crippen molar-refractivity contribution in [3.05, 3.63) is 64.4 Å². The standard InChI is InChI=1S/C24H34N2/c1-8-20-12-11-13-21(9-2)24(20)23-14-18(6)22(19(7)25-23)16-26(10-3)15-17(4)5/h11-14H,4,8-10,15-16H2,1-3,5-7H3. The van der Waals surface area contributed by atoms with E-state index >= 15 is 0 Å². The first-order valence-corrected chi connectivity index (χ1v) is 9.86. The summed E-state index contributed by atoms with van der Waals surface area (Å²) in [7, 11) is 0. The van der Waals surface area contributed by atoms with E-state index in [9.17, 15) is 0 Å². The van der Waals surface area contributed by atoms with Crippen LogP contribution in [0.1, 0.15) is 55.6 Å². The van der Waals surface area contributed by atoms with E-state index < -0.39 is 0 Å². The first-order chi connectivity index (χ1) is 12.4. The van der Waals surface area contributed by atoms with Gasteiger partial charge in [-0.2, -0.15) is 0 Å². The summed E-state index contributed by atoms with van der Waals surface area (Å²) in [6.07, 6.45) is 2.07. The van der Waals surface area contributed by atoms with Gasteiger partial charge in [0.1, 0.15) is 0 Å². The lowest BCUT2D eigenvalue weighted by molar-refractivity contribution is 0.303. The Bertz CT molecular complexity index is 729. The van der Waals surface area contributed by atoms with Gasteiger partial charge in [0.15, 0.2) is 0 Å². The summed E-state index contributed by atoms with van der Waals surface area (Å²) in [4.78, 5) is 7.47. The van der Waals surface area contributed by atoms with Crippen molar-refractivity contribution in [1.29, 1.82) is 0 Å². The van der Waals surface area contributed by atoms with E-state index in [1.807, 2.05) is 0 Å². The van der Waals surface area contributed by atoms with E-state index in [2.05, 4.69) is 77.3 Å². The minimum atomic E-state index is 0.935. The maximum atomic E-state index is 5.04. The quantitative estimate of drug-likeness (QED) is 0.552. The molecule has 0 spiro atoms. The molecule has 0 unspecified atom stereocenters. The number of hydrogen-bond donors (Lipinski definition) is 0. The van der Waals surface area contributed by atoms with Gasteiger partial charge in [-0.15, -0.1) is 0 Å². The van der Waals surface area contributed by atoms with Crippen molar-refractivity contribution < 1.29 is 0 Å². The highest BCUT2D eigenvalue weighted by Crippen LogP contribution is 2.30. The van der Waals surface area contributed by atoms with Crippen molar-refractivity contribution >= 4 is 0 Å². The van der Waals surface area contributed by atoms with Gasteiger partial charge in [-0.25, -0.2) is 0 Å². The zero-order valence-electron chi connectivity index (χ0n) is 17.4. The van der Waals surface area contributed by atoms with Crippen LogP contribution in [0.4, 0.5) is 0 Å². The van der Waals surface area contributed by atoms with E-state index in [1.54, 1.807) is 0 Å². The number of aromatic nitrogens is 1. The Morgan fingerprint density at radius 1 is 1.08 bits per heavy atom. The number of aryl methyl sites for hydroxylation is 4. The van der Waals surface area contributed by atoms with E-state index in [1.165, 1.54) is 33.4 Å². The fourth-order valence-electron chi connectivity index (χ4n) is 3.68. The Morgan fingerprint density at radius 3 is 2.15 bits per heavy atom. The molecule has 0 aliphatic rings. The number of pyridine rings is 1. The topological polar surface area (TPSA) is 16.1 Å².